The monoisotopic (exact) mass is 675 g/mol. The minimum atomic E-state index is 1.09. The first kappa shape index (κ1) is 32.0. The molecule has 9 aromatic rings. The molecule has 9 rings (SSSR count). The van der Waals surface area contributed by atoms with Crippen molar-refractivity contribution in [1.82, 2.24) is 0 Å². The van der Waals surface area contributed by atoms with Gasteiger partial charge in [0, 0.05) is 16.8 Å². The van der Waals surface area contributed by atoms with Crippen molar-refractivity contribution in [2.45, 2.75) is 0 Å². The number of rotatable bonds is 8. The van der Waals surface area contributed by atoms with Crippen molar-refractivity contribution in [3.63, 3.8) is 0 Å². The van der Waals surface area contributed by atoms with Crippen LogP contribution >= 0.6 is 0 Å². The average Bonchev–Trinajstić information content (AvgIpc) is 3.25. The van der Waals surface area contributed by atoms with Gasteiger partial charge >= 0.3 is 0 Å². The lowest BCUT2D eigenvalue weighted by Gasteiger charge is -2.30. The molecule has 0 heterocycles. The molecule has 53 heavy (non-hydrogen) atoms. The molecule has 0 N–H and O–H groups in total. The molecule has 0 saturated carbocycles. The van der Waals surface area contributed by atoms with E-state index < -0.39 is 0 Å². The Balaban J connectivity index is 1.22. The van der Waals surface area contributed by atoms with E-state index in [2.05, 4.69) is 229 Å². The van der Waals surface area contributed by atoms with Gasteiger partial charge in [0.05, 0.1) is 11.4 Å². The van der Waals surface area contributed by atoms with Gasteiger partial charge in [-0.1, -0.05) is 194 Å². The molecule has 0 aliphatic heterocycles. The largest absolute Gasteiger partial charge is 0.309 e. The fourth-order valence-electron chi connectivity index (χ4n) is 7.35. The molecule has 250 valence electrons. The Morgan fingerprint density at radius 3 is 1.26 bits per heavy atom. The Hall–Kier alpha value is -6.96. The molecule has 0 bridgehead atoms. The average molecular weight is 676 g/mol. The summed E-state index contributed by atoms with van der Waals surface area (Å²) in [4.78, 5) is 2.44. The third-order valence-corrected chi connectivity index (χ3v) is 10.1. The maximum Gasteiger partial charge on any atom is 0.0546 e. The third-order valence-electron chi connectivity index (χ3n) is 10.1. The van der Waals surface area contributed by atoms with Crippen molar-refractivity contribution in [2.75, 3.05) is 4.90 Å². The number of benzene rings is 9. The number of para-hydroxylation sites is 1. The van der Waals surface area contributed by atoms with Crippen molar-refractivity contribution in [1.29, 1.82) is 0 Å². The van der Waals surface area contributed by atoms with E-state index in [1.807, 2.05) is 0 Å². The minimum absolute atomic E-state index is 1.09. The van der Waals surface area contributed by atoms with Crippen LogP contribution in [0.2, 0.25) is 0 Å². The van der Waals surface area contributed by atoms with Crippen molar-refractivity contribution in [3.8, 4) is 55.6 Å². The second kappa shape index (κ2) is 14.3. The van der Waals surface area contributed by atoms with Crippen LogP contribution in [-0.2, 0) is 0 Å². The lowest BCUT2D eigenvalue weighted by Crippen LogP contribution is -2.12. The zero-order valence-corrected chi connectivity index (χ0v) is 29.3. The zero-order valence-electron chi connectivity index (χ0n) is 29.3. The zero-order chi connectivity index (χ0) is 35.4. The summed E-state index contributed by atoms with van der Waals surface area (Å²) in [5, 5.41) is 2.47. The second-order valence-electron chi connectivity index (χ2n) is 13.4. The summed E-state index contributed by atoms with van der Waals surface area (Å²) in [7, 11) is 0. The molecule has 0 saturated heterocycles. The van der Waals surface area contributed by atoms with Crippen molar-refractivity contribution in [3.05, 3.63) is 224 Å². The molecule has 1 heteroatoms. The van der Waals surface area contributed by atoms with Gasteiger partial charge in [-0.2, -0.15) is 0 Å². The molecule has 0 aromatic heterocycles. The third kappa shape index (κ3) is 6.53. The number of fused-ring (bicyclic) bond motifs is 1. The molecule has 0 fully saturated rings. The summed E-state index contributed by atoms with van der Waals surface area (Å²) in [5.74, 6) is 0. The smallest absolute Gasteiger partial charge is 0.0546 e. The minimum Gasteiger partial charge on any atom is -0.309 e. The number of nitrogens with zero attached hydrogens (tertiary/aromatic N) is 1. The standard InChI is InChI=1S/C52H37N/c1-4-14-38(15-5-1)40-24-26-41(27-25-40)42-30-33-48(34-31-42)53(51-23-13-12-22-49(51)43-17-6-2-7-18-43)52-37-47(32-35-50(52)44-19-8-3-9-20-44)46-29-28-39-16-10-11-21-45(39)36-46/h1-37H. The maximum absolute atomic E-state index is 2.44. The molecule has 0 radical (unpaired) electrons. The van der Waals surface area contributed by atoms with Gasteiger partial charge in [0.15, 0.2) is 0 Å². The Kier molecular flexibility index (Phi) is 8.66. The summed E-state index contributed by atoms with van der Waals surface area (Å²) in [6.45, 7) is 0. The van der Waals surface area contributed by atoms with Gasteiger partial charge in [0.25, 0.3) is 0 Å². The highest BCUT2D eigenvalue weighted by molar-refractivity contribution is 5.96. The Morgan fingerprint density at radius 2 is 0.642 bits per heavy atom. The van der Waals surface area contributed by atoms with Gasteiger partial charge in [-0.25, -0.2) is 0 Å². The van der Waals surface area contributed by atoms with E-state index in [0.29, 0.717) is 0 Å². The Bertz CT molecular complexity index is 2630. The topological polar surface area (TPSA) is 3.24 Å². The van der Waals surface area contributed by atoms with Crippen LogP contribution in [0, 0.1) is 0 Å². The van der Waals surface area contributed by atoms with Gasteiger partial charge in [-0.05, 0) is 85.6 Å². The lowest BCUT2D eigenvalue weighted by molar-refractivity contribution is 1.28. The van der Waals surface area contributed by atoms with Gasteiger partial charge in [-0.15, -0.1) is 0 Å². The van der Waals surface area contributed by atoms with E-state index in [4.69, 9.17) is 0 Å². The van der Waals surface area contributed by atoms with Crippen LogP contribution in [0.25, 0.3) is 66.4 Å². The van der Waals surface area contributed by atoms with E-state index in [1.54, 1.807) is 0 Å². The van der Waals surface area contributed by atoms with Crippen molar-refractivity contribution in [2.24, 2.45) is 0 Å². The van der Waals surface area contributed by atoms with Crippen LogP contribution in [0.4, 0.5) is 17.1 Å². The summed E-state index contributed by atoms with van der Waals surface area (Å²) < 4.78 is 0. The Morgan fingerprint density at radius 1 is 0.226 bits per heavy atom. The van der Waals surface area contributed by atoms with Crippen LogP contribution in [0.5, 0.6) is 0 Å². The van der Waals surface area contributed by atoms with Gasteiger partial charge in [-0.3, -0.25) is 0 Å². The summed E-state index contributed by atoms with van der Waals surface area (Å²) in [6.07, 6.45) is 0. The summed E-state index contributed by atoms with van der Waals surface area (Å²) in [6, 6.07) is 80.9. The second-order valence-corrected chi connectivity index (χ2v) is 13.4. The first-order valence-corrected chi connectivity index (χ1v) is 18.2. The van der Waals surface area contributed by atoms with Gasteiger partial charge in [0.1, 0.15) is 0 Å². The lowest BCUT2D eigenvalue weighted by atomic mass is 9.94. The number of anilines is 3. The van der Waals surface area contributed by atoms with Crippen molar-refractivity contribution < 1.29 is 0 Å². The van der Waals surface area contributed by atoms with Gasteiger partial charge < -0.3 is 4.90 Å². The fourth-order valence-corrected chi connectivity index (χ4v) is 7.35. The molecular formula is C52H37N. The van der Waals surface area contributed by atoms with Crippen LogP contribution in [0.3, 0.4) is 0 Å². The van der Waals surface area contributed by atoms with Gasteiger partial charge in [0.2, 0.25) is 0 Å². The fraction of sp³-hybridized carbons (Fsp3) is 0. The molecule has 0 amide bonds. The van der Waals surface area contributed by atoms with E-state index in [-0.39, 0.29) is 0 Å². The molecular weight excluding hydrogens is 639 g/mol. The SMILES string of the molecule is c1ccc(-c2ccc(-c3ccc(N(c4ccccc4-c4ccccc4)c4cc(-c5ccc6ccccc6c5)ccc4-c4ccccc4)cc3)cc2)cc1. The number of hydrogen-bond acceptors (Lipinski definition) is 1. The molecule has 9 aromatic carbocycles. The Labute approximate surface area is 311 Å². The van der Waals surface area contributed by atoms with Crippen LogP contribution in [-0.4, -0.2) is 0 Å². The highest BCUT2D eigenvalue weighted by Crippen LogP contribution is 2.46. The summed E-state index contributed by atoms with van der Waals surface area (Å²) >= 11 is 0. The highest BCUT2D eigenvalue weighted by atomic mass is 15.1. The maximum atomic E-state index is 2.44. The first-order valence-electron chi connectivity index (χ1n) is 18.2. The predicted octanol–water partition coefficient (Wildman–Crippen LogP) is 14.6. The predicted molar refractivity (Wildman–Crippen MR) is 226 cm³/mol. The van der Waals surface area contributed by atoms with E-state index in [0.717, 1.165) is 17.1 Å². The van der Waals surface area contributed by atoms with E-state index in [9.17, 15) is 0 Å². The van der Waals surface area contributed by atoms with E-state index in [1.165, 1.54) is 66.4 Å². The van der Waals surface area contributed by atoms with Crippen LogP contribution in [0.1, 0.15) is 0 Å². The van der Waals surface area contributed by atoms with Crippen LogP contribution in [0.15, 0.2) is 224 Å². The molecule has 1 nitrogen and oxygen atoms in total. The molecule has 0 atom stereocenters. The molecule has 0 spiro atoms. The number of hydrogen-bond donors (Lipinski definition) is 0. The quantitative estimate of drug-likeness (QED) is 0.155. The molecule has 0 aliphatic rings. The first-order chi connectivity index (χ1) is 26.3. The van der Waals surface area contributed by atoms with E-state index >= 15 is 0 Å². The summed E-state index contributed by atoms with van der Waals surface area (Å²) in [5.41, 5.74) is 15.2. The molecule has 0 aliphatic carbocycles. The van der Waals surface area contributed by atoms with Crippen LogP contribution < -0.4 is 4.90 Å². The van der Waals surface area contributed by atoms with Crippen molar-refractivity contribution >= 4 is 27.8 Å². The highest BCUT2D eigenvalue weighted by Gasteiger charge is 2.21. The normalized spacial score (nSPS) is 11.0. The molecule has 0 unspecified atom stereocenters.